The second-order valence-electron chi connectivity index (χ2n) is 5.89. The maximum absolute atomic E-state index is 10.7. The standard InChI is InChI=1S/C16H22O3/c17-15(16(18)8-3-1-2-4-9-16)13-5-6-14-12(11-13)7-10-19-14/h5-6,11,15,17-18H,1-4,7-10H2. The van der Waals surface area contributed by atoms with E-state index in [1.807, 2.05) is 18.2 Å². The van der Waals surface area contributed by atoms with Crippen LogP contribution in [0.1, 0.15) is 55.8 Å². The molecule has 1 saturated carbocycles. The van der Waals surface area contributed by atoms with E-state index in [1.165, 1.54) is 0 Å². The molecule has 104 valence electrons. The molecule has 0 aromatic heterocycles. The summed E-state index contributed by atoms with van der Waals surface area (Å²) in [5, 5.41) is 21.3. The third kappa shape index (κ3) is 2.49. The first-order valence-corrected chi connectivity index (χ1v) is 7.35. The van der Waals surface area contributed by atoms with Crippen molar-refractivity contribution in [3.8, 4) is 5.75 Å². The lowest BCUT2D eigenvalue weighted by molar-refractivity contribution is -0.0867. The van der Waals surface area contributed by atoms with Crippen LogP contribution in [0.25, 0.3) is 0 Å². The highest BCUT2D eigenvalue weighted by Gasteiger charge is 2.37. The van der Waals surface area contributed by atoms with Crippen LogP contribution in [0, 0.1) is 0 Å². The van der Waals surface area contributed by atoms with E-state index in [-0.39, 0.29) is 0 Å². The van der Waals surface area contributed by atoms with E-state index in [0.717, 1.165) is 55.6 Å². The van der Waals surface area contributed by atoms with Crippen molar-refractivity contribution in [3.63, 3.8) is 0 Å². The van der Waals surface area contributed by atoms with Crippen LogP contribution < -0.4 is 4.74 Å². The van der Waals surface area contributed by atoms with Gasteiger partial charge in [-0.15, -0.1) is 0 Å². The van der Waals surface area contributed by atoms with Crippen molar-refractivity contribution < 1.29 is 14.9 Å². The van der Waals surface area contributed by atoms with E-state index < -0.39 is 11.7 Å². The molecule has 1 heterocycles. The summed E-state index contributed by atoms with van der Waals surface area (Å²) in [6.07, 6.45) is 5.83. The quantitative estimate of drug-likeness (QED) is 0.806. The first-order chi connectivity index (χ1) is 9.19. The second-order valence-corrected chi connectivity index (χ2v) is 5.89. The van der Waals surface area contributed by atoms with Crippen molar-refractivity contribution in [3.05, 3.63) is 29.3 Å². The Morgan fingerprint density at radius 3 is 2.58 bits per heavy atom. The number of rotatable bonds is 2. The summed E-state index contributed by atoms with van der Waals surface area (Å²) >= 11 is 0. The second kappa shape index (κ2) is 5.14. The molecular formula is C16H22O3. The van der Waals surface area contributed by atoms with Crippen molar-refractivity contribution in [1.82, 2.24) is 0 Å². The van der Waals surface area contributed by atoms with Gasteiger partial charge in [0, 0.05) is 6.42 Å². The molecule has 1 aliphatic carbocycles. The molecule has 2 N–H and O–H groups in total. The van der Waals surface area contributed by atoms with Crippen molar-refractivity contribution in [2.24, 2.45) is 0 Å². The lowest BCUT2D eigenvalue weighted by Gasteiger charge is -2.32. The van der Waals surface area contributed by atoms with E-state index in [9.17, 15) is 10.2 Å². The third-order valence-corrected chi connectivity index (χ3v) is 4.51. The van der Waals surface area contributed by atoms with Crippen LogP contribution in [0.4, 0.5) is 0 Å². The van der Waals surface area contributed by atoms with Gasteiger partial charge in [0.05, 0.1) is 12.2 Å². The largest absolute Gasteiger partial charge is 0.493 e. The fraction of sp³-hybridized carbons (Fsp3) is 0.625. The van der Waals surface area contributed by atoms with Gasteiger partial charge >= 0.3 is 0 Å². The highest BCUT2D eigenvalue weighted by atomic mass is 16.5. The zero-order valence-corrected chi connectivity index (χ0v) is 11.3. The van der Waals surface area contributed by atoms with E-state index in [2.05, 4.69) is 0 Å². The summed E-state index contributed by atoms with van der Waals surface area (Å²) in [7, 11) is 0. The summed E-state index contributed by atoms with van der Waals surface area (Å²) in [5.74, 6) is 0.920. The fourth-order valence-corrected chi connectivity index (χ4v) is 3.30. The Labute approximate surface area is 114 Å². The predicted molar refractivity (Wildman–Crippen MR) is 73.3 cm³/mol. The van der Waals surface area contributed by atoms with Crippen LogP contribution in [0.2, 0.25) is 0 Å². The Hall–Kier alpha value is -1.06. The first kappa shape index (κ1) is 12.9. The van der Waals surface area contributed by atoms with Gasteiger partial charge in [-0.05, 0) is 36.1 Å². The SMILES string of the molecule is OC(c1ccc2c(c1)CCO2)C1(O)CCCCCC1. The average molecular weight is 262 g/mol. The zero-order chi connectivity index (χ0) is 13.3. The molecule has 1 unspecified atom stereocenters. The number of hydrogen-bond donors (Lipinski definition) is 2. The number of fused-ring (bicyclic) bond motifs is 1. The van der Waals surface area contributed by atoms with E-state index >= 15 is 0 Å². The Kier molecular flexibility index (Phi) is 3.50. The highest BCUT2D eigenvalue weighted by Crippen LogP contribution is 2.39. The lowest BCUT2D eigenvalue weighted by Crippen LogP contribution is -2.35. The Morgan fingerprint density at radius 1 is 1.11 bits per heavy atom. The van der Waals surface area contributed by atoms with Crippen LogP contribution in [-0.4, -0.2) is 22.4 Å². The Bertz CT molecular complexity index is 447. The number of aliphatic hydroxyl groups is 2. The number of hydrogen-bond acceptors (Lipinski definition) is 3. The lowest BCUT2D eigenvalue weighted by atomic mass is 9.84. The molecule has 3 rings (SSSR count). The summed E-state index contributed by atoms with van der Waals surface area (Å²) in [6.45, 7) is 0.721. The molecule has 1 atom stereocenters. The maximum Gasteiger partial charge on any atom is 0.122 e. The van der Waals surface area contributed by atoms with Crippen molar-refractivity contribution in [2.45, 2.75) is 56.7 Å². The summed E-state index contributed by atoms with van der Waals surface area (Å²) < 4.78 is 5.48. The summed E-state index contributed by atoms with van der Waals surface area (Å²) in [5.41, 5.74) is 1.02. The third-order valence-electron chi connectivity index (χ3n) is 4.51. The van der Waals surface area contributed by atoms with Crippen LogP contribution in [-0.2, 0) is 6.42 Å². The Balaban J connectivity index is 1.84. The molecule has 0 spiro atoms. The molecule has 3 nitrogen and oxygen atoms in total. The first-order valence-electron chi connectivity index (χ1n) is 7.35. The van der Waals surface area contributed by atoms with Crippen molar-refractivity contribution in [1.29, 1.82) is 0 Å². The normalized spacial score (nSPS) is 23.3. The van der Waals surface area contributed by atoms with Gasteiger partial charge in [0.15, 0.2) is 0 Å². The Morgan fingerprint density at radius 2 is 1.84 bits per heavy atom. The number of benzene rings is 1. The van der Waals surface area contributed by atoms with Crippen LogP contribution in [0.3, 0.4) is 0 Å². The predicted octanol–water partition coefficient (Wildman–Crippen LogP) is 2.74. The molecule has 19 heavy (non-hydrogen) atoms. The van der Waals surface area contributed by atoms with Crippen LogP contribution >= 0.6 is 0 Å². The molecule has 0 bridgehead atoms. The molecule has 0 saturated heterocycles. The smallest absolute Gasteiger partial charge is 0.122 e. The van der Waals surface area contributed by atoms with Crippen LogP contribution in [0.15, 0.2) is 18.2 Å². The molecule has 0 amide bonds. The topological polar surface area (TPSA) is 49.7 Å². The van der Waals surface area contributed by atoms with Crippen molar-refractivity contribution in [2.75, 3.05) is 6.61 Å². The average Bonchev–Trinajstić information content (AvgIpc) is 2.78. The highest BCUT2D eigenvalue weighted by molar-refractivity contribution is 5.41. The zero-order valence-electron chi connectivity index (χ0n) is 11.3. The van der Waals surface area contributed by atoms with Gasteiger partial charge in [-0.1, -0.05) is 31.7 Å². The number of aliphatic hydroxyl groups excluding tert-OH is 1. The van der Waals surface area contributed by atoms with Gasteiger partial charge in [-0.2, -0.15) is 0 Å². The van der Waals surface area contributed by atoms with Crippen molar-refractivity contribution >= 4 is 0 Å². The molecule has 2 aliphatic rings. The minimum atomic E-state index is -0.954. The van der Waals surface area contributed by atoms with Gasteiger partial charge < -0.3 is 14.9 Å². The number of ether oxygens (including phenoxy) is 1. The van der Waals surface area contributed by atoms with Gasteiger partial charge in [-0.25, -0.2) is 0 Å². The maximum atomic E-state index is 10.7. The van der Waals surface area contributed by atoms with Crippen LogP contribution in [0.5, 0.6) is 5.75 Å². The molecule has 0 radical (unpaired) electrons. The van der Waals surface area contributed by atoms with Gasteiger partial charge in [0.25, 0.3) is 0 Å². The van der Waals surface area contributed by atoms with E-state index in [4.69, 9.17) is 4.74 Å². The monoisotopic (exact) mass is 262 g/mol. The molecule has 3 heteroatoms. The summed E-state index contributed by atoms with van der Waals surface area (Å²) in [6, 6.07) is 5.80. The minimum Gasteiger partial charge on any atom is -0.493 e. The van der Waals surface area contributed by atoms with E-state index in [0.29, 0.717) is 12.8 Å². The van der Waals surface area contributed by atoms with Gasteiger partial charge in [0.2, 0.25) is 0 Å². The minimum absolute atomic E-state index is 0.696. The van der Waals surface area contributed by atoms with Gasteiger partial charge in [-0.3, -0.25) is 0 Å². The molecule has 1 aromatic rings. The summed E-state index contributed by atoms with van der Waals surface area (Å²) in [4.78, 5) is 0. The fourth-order valence-electron chi connectivity index (χ4n) is 3.30. The van der Waals surface area contributed by atoms with Gasteiger partial charge in [0.1, 0.15) is 11.9 Å². The molecule has 1 aromatic carbocycles. The molecular weight excluding hydrogens is 240 g/mol. The molecule has 1 fully saturated rings. The van der Waals surface area contributed by atoms with E-state index in [1.54, 1.807) is 0 Å². The molecule has 1 aliphatic heterocycles.